The largest absolute Gasteiger partial charge is 0.454 e. The highest BCUT2D eigenvalue weighted by Crippen LogP contribution is 2.37. The summed E-state index contributed by atoms with van der Waals surface area (Å²) in [5, 5.41) is 5.51. The number of fused-ring (bicyclic) bond motifs is 1. The van der Waals surface area contributed by atoms with Gasteiger partial charge >= 0.3 is 6.03 Å². The zero-order chi connectivity index (χ0) is 19.1. The Bertz CT molecular complexity index is 776. The Morgan fingerprint density at radius 2 is 2.00 bits per heavy atom. The SMILES string of the molecule is CCC(C)(C)NC(=O)CN1C(=O)N[C@](C)(c2ccc3c(c2)OCO3)C1=O. The summed E-state index contributed by atoms with van der Waals surface area (Å²) in [6.45, 7) is 7.12. The minimum absolute atomic E-state index is 0.120. The van der Waals surface area contributed by atoms with Gasteiger partial charge in [-0.25, -0.2) is 4.79 Å². The van der Waals surface area contributed by atoms with Crippen molar-refractivity contribution in [1.29, 1.82) is 0 Å². The Labute approximate surface area is 151 Å². The van der Waals surface area contributed by atoms with Crippen molar-refractivity contribution >= 4 is 17.8 Å². The molecule has 2 N–H and O–H groups in total. The Hall–Kier alpha value is -2.77. The van der Waals surface area contributed by atoms with Crippen LogP contribution in [0.3, 0.4) is 0 Å². The predicted octanol–water partition coefficient (Wildman–Crippen LogP) is 1.49. The van der Waals surface area contributed by atoms with E-state index < -0.39 is 23.0 Å². The second-order valence-corrected chi connectivity index (χ2v) is 7.30. The van der Waals surface area contributed by atoms with Crippen LogP contribution in [0.25, 0.3) is 0 Å². The molecule has 0 radical (unpaired) electrons. The van der Waals surface area contributed by atoms with Crippen LogP contribution >= 0.6 is 0 Å². The van der Waals surface area contributed by atoms with E-state index in [-0.39, 0.29) is 19.2 Å². The number of amides is 4. The highest BCUT2D eigenvalue weighted by molar-refractivity contribution is 6.09. The molecule has 8 heteroatoms. The van der Waals surface area contributed by atoms with Crippen molar-refractivity contribution in [2.24, 2.45) is 0 Å². The van der Waals surface area contributed by atoms with Gasteiger partial charge in [0.15, 0.2) is 11.5 Å². The first kappa shape index (κ1) is 18.0. The first-order valence-corrected chi connectivity index (χ1v) is 8.51. The van der Waals surface area contributed by atoms with Crippen molar-refractivity contribution < 1.29 is 23.9 Å². The van der Waals surface area contributed by atoms with Crippen molar-refractivity contribution in [2.75, 3.05) is 13.3 Å². The van der Waals surface area contributed by atoms with Crippen molar-refractivity contribution in [1.82, 2.24) is 15.5 Å². The van der Waals surface area contributed by atoms with Gasteiger partial charge in [0.25, 0.3) is 5.91 Å². The molecule has 0 bridgehead atoms. The summed E-state index contributed by atoms with van der Waals surface area (Å²) < 4.78 is 10.6. The topological polar surface area (TPSA) is 97.0 Å². The van der Waals surface area contributed by atoms with Crippen molar-refractivity contribution in [3.05, 3.63) is 23.8 Å². The molecular weight excluding hydrogens is 338 g/mol. The number of hydrogen-bond donors (Lipinski definition) is 2. The summed E-state index contributed by atoms with van der Waals surface area (Å²) in [4.78, 5) is 38.4. The molecule has 0 spiro atoms. The summed E-state index contributed by atoms with van der Waals surface area (Å²) in [6.07, 6.45) is 0.730. The van der Waals surface area contributed by atoms with E-state index in [1.165, 1.54) is 0 Å². The maximum absolute atomic E-state index is 12.9. The number of imide groups is 1. The summed E-state index contributed by atoms with van der Waals surface area (Å²) in [5.74, 6) is 0.250. The smallest absolute Gasteiger partial charge is 0.325 e. The fourth-order valence-corrected chi connectivity index (χ4v) is 2.89. The van der Waals surface area contributed by atoms with E-state index in [0.717, 1.165) is 11.3 Å². The van der Waals surface area contributed by atoms with Crippen LogP contribution in [-0.4, -0.2) is 41.6 Å². The normalized spacial score (nSPS) is 21.8. The van der Waals surface area contributed by atoms with Crippen LogP contribution in [0.15, 0.2) is 18.2 Å². The highest BCUT2D eigenvalue weighted by atomic mass is 16.7. The fraction of sp³-hybridized carbons (Fsp3) is 0.500. The molecule has 26 heavy (non-hydrogen) atoms. The van der Waals surface area contributed by atoms with Gasteiger partial charge in [-0.3, -0.25) is 14.5 Å². The molecule has 0 aromatic heterocycles. The van der Waals surface area contributed by atoms with Crippen LogP contribution in [0.1, 0.15) is 39.7 Å². The van der Waals surface area contributed by atoms with Crippen LogP contribution in [0.4, 0.5) is 4.79 Å². The van der Waals surface area contributed by atoms with E-state index in [1.807, 2.05) is 20.8 Å². The number of carbonyl (C=O) groups excluding carboxylic acids is 3. The summed E-state index contributed by atoms with van der Waals surface area (Å²) in [7, 11) is 0. The van der Waals surface area contributed by atoms with Gasteiger partial charge in [0.2, 0.25) is 12.7 Å². The standard InChI is InChI=1S/C18H23N3O5/c1-5-17(2,3)19-14(22)9-21-15(23)18(4,20-16(21)24)11-6-7-12-13(8-11)26-10-25-12/h6-8H,5,9-10H2,1-4H3,(H,19,22)(H,20,24)/t18-/m1/s1. The summed E-state index contributed by atoms with van der Waals surface area (Å²) >= 11 is 0. The number of benzene rings is 1. The number of ether oxygens (including phenoxy) is 2. The van der Waals surface area contributed by atoms with Crippen molar-refractivity contribution in [3.8, 4) is 11.5 Å². The molecule has 2 aliphatic heterocycles. The quantitative estimate of drug-likeness (QED) is 0.775. The summed E-state index contributed by atoms with van der Waals surface area (Å²) in [6, 6.07) is 4.47. The van der Waals surface area contributed by atoms with Crippen LogP contribution in [-0.2, 0) is 15.1 Å². The van der Waals surface area contributed by atoms with Gasteiger partial charge in [-0.2, -0.15) is 0 Å². The van der Waals surface area contributed by atoms with Crippen molar-refractivity contribution in [3.63, 3.8) is 0 Å². The molecule has 2 heterocycles. The van der Waals surface area contributed by atoms with Gasteiger partial charge < -0.3 is 20.1 Å². The lowest BCUT2D eigenvalue weighted by Crippen LogP contribution is -2.49. The third-order valence-electron chi connectivity index (χ3n) is 4.89. The highest BCUT2D eigenvalue weighted by Gasteiger charge is 2.50. The second kappa shape index (κ2) is 6.19. The summed E-state index contributed by atoms with van der Waals surface area (Å²) in [5.41, 5.74) is -1.10. The number of urea groups is 1. The molecule has 2 aliphatic rings. The number of carbonyl (C=O) groups is 3. The van der Waals surface area contributed by atoms with E-state index in [9.17, 15) is 14.4 Å². The molecular formula is C18H23N3O5. The van der Waals surface area contributed by atoms with E-state index in [2.05, 4.69) is 10.6 Å². The first-order valence-electron chi connectivity index (χ1n) is 8.51. The van der Waals surface area contributed by atoms with Gasteiger partial charge in [-0.1, -0.05) is 13.0 Å². The van der Waals surface area contributed by atoms with Gasteiger partial charge in [-0.05, 0) is 44.9 Å². The van der Waals surface area contributed by atoms with Crippen LogP contribution < -0.4 is 20.1 Å². The Morgan fingerprint density at radius 1 is 1.31 bits per heavy atom. The number of hydrogen-bond acceptors (Lipinski definition) is 5. The maximum atomic E-state index is 12.9. The molecule has 4 amide bonds. The molecule has 140 valence electrons. The van der Waals surface area contributed by atoms with Crippen LogP contribution in [0.5, 0.6) is 11.5 Å². The molecule has 8 nitrogen and oxygen atoms in total. The second-order valence-electron chi connectivity index (χ2n) is 7.30. The van der Waals surface area contributed by atoms with Gasteiger partial charge in [-0.15, -0.1) is 0 Å². The molecule has 1 atom stereocenters. The van der Waals surface area contributed by atoms with Crippen LogP contribution in [0.2, 0.25) is 0 Å². The van der Waals surface area contributed by atoms with Crippen molar-refractivity contribution in [2.45, 2.75) is 45.2 Å². The molecule has 1 aromatic carbocycles. The Balaban J connectivity index is 1.79. The molecule has 1 fully saturated rings. The minimum atomic E-state index is -1.27. The lowest BCUT2D eigenvalue weighted by atomic mass is 9.91. The zero-order valence-corrected chi connectivity index (χ0v) is 15.3. The first-order chi connectivity index (χ1) is 12.2. The van der Waals surface area contributed by atoms with E-state index in [1.54, 1.807) is 25.1 Å². The molecule has 0 saturated carbocycles. The van der Waals surface area contributed by atoms with E-state index >= 15 is 0 Å². The van der Waals surface area contributed by atoms with Gasteiger partial charge in [0, 0.05) is 5.54 Å². The average Bonchev–Trinajstić information content (AvgIpc) is 3.13. The molecule has 1 saturated heterocycles. The lowest BCUT2D eigenvalue weighted by Gasteiger charge is -2.26. The number of nitrogens with one attached hydrogen (secondary N) is 2. The van der Waals surface area contributed by atoms with Crippen LogP contribution in [0, 0.1) is 0 Å². The minimum Gasteiger partial charge on any atom is -0.454 e. The third-order valence-corrected chi connectivity index (χ3v) is 4.89. The zero-order valence-electron chi connectivity index (χ0n) is 15.3. The maximum Gasteiger partial charge on any atom is 0.325 e. The van der Waals surface area contributed by atoms with E-state index in [4.69, 9.17) is 9.47 Å². The predicted molar refractivity (Wildman–Crippen MR) is 92.7 cm³/mol. The average molecular weight is 361 g/mol. The molecule has 0 unspecified atom stereocenters. The number of rotatable bonds is 5. The van der Waals surface area contributed by atoms with Gasteiger partial charge in [0.05, 0.1) is 0 Å². The molecule has 1 aromatic rings. The third kappa shape index (κ3) is 3.07. The lowest BCUT2D eigenvalue weighted by molar-refractivity contribution is -0.135. The van der Waals surface area contributed by atoms with E-state index in [0.29, 0.717) is 17.1 Å². The molecule has 0 aliphatic carbocycles. The fourth-order valence-electron chi connectivity index (χ4n) is 2.89. The molecule has 3 rings (SSSR count). The monoisotopic (exact) mass is 361 g/mol. The Morgan fingerprint density at radius 3 is 2.69 bits per heavy atom. The number of nitrogens with zero attached hydrogens (tertiary/aromatic N) is 1. The van der Waals surface area contributed by atoms with Gasteiger partial charge in [0.1, 0.15) is 12.1 Å². The Kier molecular flexibility index (Phi) is 4.29.